The second-order valence-corrected chi connectivity index (χ2v) is 14.2. The molecule has 1 aliphatic carbocycles. The first kappa shape index (κ1) is 34.9. The molecular weight excluding hydrogens is 613 g/mol. The number of nitrogen functional groups attached to an aromatic ring is 1. The van der Waals surface area contributed by atoms with Crippen LogP contribution in [-0.4, -0.2) is 105 Å². The molecule has 7 unspecified atom stereocenters. The maximum Gasteiger partial charge on any atom is 0.342 e. The van der Waals surface area contributed by atoms with Crippen LogP contribution in [-0.2, 0) is 32.9 Å². The minimum atomic E-state index is -4.25. The van der Waals surface area contributed by atoms with Crippen molar-refractivity contribution in [3.63, 3.8) is 0 Å². The summed E-state index contributed by atoms with van der Waals surface area (Å²) < 4.78 is 42.9. The highest BCUT2D eigenvalue weighted by Gasteiger charge is 2.85. The lowest BCUT2D eigenvalue weighted by atomic mass is 10.1. The van der Waals surface area contributed by atoms with Gasteiger partial charge in [0, 0.05) is 0 Å². The lowest BCUT2D eigenvalue weighted by molar-refractivity contribution is -0.143. The zero-order chi connectivity index (χ0) is 33.5. The predicted molar refractivity (Wildman–Crippen MR) is 160 cm³/mol. The average Bonchev–Trinajstić information content (AvgIpc) is 3.19. The van der Waals surface area contributed by atoms with Crippen molar-refractivity contribution in [2.75, 3.05) is 33.7 Å². The number of esters is 2. The summed E-state index contributed by atoms with van der Waals surface area (Å²) >= 11 is 0. The number of aliphatic hydroxyl groups is 2. The minimum Gasteiger partial charge on any atom is -0.479 e. The Balaban J connectivity index is 1.58. The molecule has 1 saturated heterocycles. The number of rotatable bonds is 15. The Morgan fingerprint density at radius 1 is 1.09 bits per heavy atom. The maximum atomic E-state index is 14.3. The number of aliphatic hydroxyl groups excluding tert-OH is 1. The number of nitrogens with zero attached hydrogens (tertiary/aromatic N) is 4. The Kier molecular flexibility index (Phi) is 10.1. The molecule has 45 heavy (non-hydrogen) atoms. The van der Waals surface area contributed by atoms with Crippen LogP contribution >= 0.6 is 7.67 Å². The molecule has 3 heterocycles. The van der Waals surface area contributed by atoms with Gasteiger partial charge in [-0.15, -0.1) is 0 Å². The van der Waals surface area contributed by atoms with Crippen LogP contribution in [0, 0.1) is 11.8 Å². The summed E-state index contributed by atoms with van der Waals surface area (Å²) in [5.41, 5.74) is 3.27. The summed E-state index contributed by atoms with van der Waals surface area (Å²) in [6.45, 7) is 8.62. The molecule has 4 rings (SSSR count). The number of ether oxygens (including phenoxy) is 4. The maximum absolute atomic E-state index is 14.3. The van der Waals surface area contributed by atoms with Crippen LogP contribution in [0.4, 0.5) is 5.95 Å². The first-order valence-corrected chi connectivity index (χ1v) is 16.3. The van der Waals surface area contributed by atoms with Gasteiger partial charge in [-0.1, -0.05) is 27.7 Å². The van der Waals surface area contributed by atoms with Crippen LogP contribution in [0.15, 0.2) is 6.33 Å². The number of methoxy groups -OCH3 is 3. The molecule has 0 amide bonds. The Hall–Kier alpha value is -2.92. The second kappa shape index (κ2) is 13.1. The predicted octanol–water partition coefficient (Wildman–Crippen LogP) is 0.701. The fraction of sp³-hybridized carbons (Fsp3) is 0.741. The van der Waals surface area contributed by atoms with E-state index in [9.17, 15) is 24.4 Å². The number of fused-ring (bicyclic) bond motifs is 2. The molecule has 2 aromatic rings. The monoisotopic (exact) mass is 657 g/mol. The number of aromatic nitrogens is 4. The number of nitrogens with one attached hydrogen (secondary N) is 2. The molecule has 2 fully saturated rings. The number of hydrogen-bond acceptors (Lipinski definition) is 14. The molecule has 0 radical (unpaired) electrons. The number of hydrogen-bond donors (Lipinski definition) is 5. The fourth-order valence-electron chi connectivity index (χ4n) is 6.03. The quantitative estimate of drug-likeness (QED) is 0.131. The molecular formula is C27H44N7O10P. The van der Waals surface area contributed by atoms with E-state index in [4.69, 9.17) is 29.2 Å². The molecule has 0 aromatic carbocycles. The summed E-state index contributed by atoms with van der Waals surface area (Å²) in [5.74, 6) is -1.28. The van der Waals surface area contributed by atoms with Crippen LogP contribution in [0.2, 0.25) is 0 Å². The summed E-state index contributed by atoms with van der Waals surface area (Å²) in [6, 6.07) is -2.94. The fourth-order valence-corrected chi connectivity index (χ4v) is 7.85. The van der Waals surface area contributed by atoms with Crippen LogP contribution < -0.4 is 20.6 Å². The average molecular weight is 658 g/mol. The summed E-state index contributed by atoms with van der Waals surface area (Å²) in [5, 5.41) is 28.5. The van der Waals surface area contributed by atoms with Crippen LogP contribution in [0.1, 0.15) is 53.5 Å². The van der Waals surface area contributed by atoms with Gasteiger partial charge in [0.1, 0.15) is 41.5 Å². The summed E-state index contributed by atoms with van der Waals surface area (Å²) in [4.78, 5) is 37.8. The molecule has 252 valence electrons. The van der Waals surface area contributed by atoms with Gasteiger partial charge in [-0.05, 0) is 31.6 Å². The van der Waals surface area contributed by atoms with Crippen LogP contribution in [0.3, 0.4) is 0 Å². The van der Waals surface area contributed by atoms with E-state index < -0.39 is 67.8 Å². The zero-order valence-electron chi connectivity index (χ0n) is 26.7. The molecule has 1 saturated carbocycles. The van der Waals surface area contributed by atoms with E-state index in [1.165, 1.54) is 32.2 Å². The molecule has 0 bridgehead atoms. The van der Waals surface area contributed by atoms with Gasteiger partial charge < -0.3 is 44.0 Å². The largest absolute Gasteiger partial charge is 0.479 e. The lowest BCUT2D eigenvalue weighted by Crippen LogP contribution is -2.46. The van der Waals surface area contributed by atoms with Crippen molar-refractivity contribution in [3.05, 3.63) is 6.33 Å². The van der Waals surface area contributed by atoms with Gasteiger partial charge in [0.05, 0.1) is 34.3 Å². The van der Waals surface area contributed by atoms with Crippen molar-refractivity contribution in [2.45, 2.75) is 89.0 Å². The van der Waals surface area contributed by atoms with Gasteiger partial charge in [-0.3, -0.25) is 14.2 Å². The van der Waals surface area contributed by atoms with E-state index in [-0.39, 0.29) is 42.2 Å². The molecule has 18 heteroatoms. The molecule has 17 nitrogen and oxygen atoms in total. The number of carbonyl (C=O) groups is 2. The molecule has 0 spiro atoms. The van der Waals surface area contributed by atoms with Crippen molar-refractivity contribution in [1.82, 2.24) is 29.7 Å². The topological polar surface area (TPSA) is 232 Å². The van der Waals surface area contributed by atoms with Crippen molar-refractivity contribution < 1.29 is 47.8 Å². The van der Waals surface area contributed by atoms with Gasteiger partial charge in [0.25, 0.3) is 0 Å². The number of imidazole rings is 1. The molecule has 2 aromatic heterocycles. The van der Waals surface area contributed by atoms with E-state index in [1.54, 1.807) is 6.92 Å². The first-order chi connectivity index (χ1) is 21.0. The van der Waals surface area contributed by atoms with Gasteiger partial charge in [-0.2, -0.15) is 9.97 Å². The third kappa shape index (κ3) is 6.52. The van der Waals surface area contributed by atoms with Crippen LogP contribution in [0.5, 0.6) is 5.88 Å². The minimum absolute atomic E-state index is 0.000180. The summed E-state index contributed by atoms with van der Waals surface area (Å²) in [7, 11) is -0.426. The first-order valence-electron chi connectivity index (χ1n) is 14.6. The third-order valence-electron chi connectivity index (χ3n) is 8.19. The van der Waals surface area contributed by atoms with Crippen molar-refractivity contribution in [3.8, 4) is 5.88 Å². The highest BCUT2D eigenvalue weighted by molar-refractivity contribution is 7.54. The van der Waals surface area contributed by atoms with E-state index in [2.05, 4.69) is 25.1 Å². The lowest BCUT2D eigenvalue weighted by Gasteiger charge is -2.31. The summed E-state index contributed by atoms with van der Waals surface area (Å²) in [6.07, 6.45) is -0.761. The highest BCUT2D eigenvalue weighted by atomic mass is 31.2. The standard InChI is InChI=1S/C27H44N7O10P/c1-13(2)9-15(22(36)41-7)32-45(39,33-16(10-14(3)4)23(37)42-8)43-11-17-19(35)27(38)24(26(27,5)44-17)34-12-29-18-20(34)30-25(28)31-21(18)40-6/h12-17,19,24,35,38H,9-11H2,1-8H3,(H2,28,30,31)(H2,32,33,39). The van der Waals surface area contributed by atoms with E-state index in [0.717, 1.165) is 0 Å². The molecule has 6 N–H and O–H groups in total. The third-order valence-corrected chi connectivity index (χ3v) is 10.0. The van der Waals surface area contributed by atoms with Crippen molar-refractivity contribution >= 4 is 36.7 Å². The smallest absolute Gasteiger partial charge is 0.342 e. The number of carbonyl (C=O) groups excluding carboxylic acids is 2. The van der Waals surface area contributed by atoms with E-state index >= 15 is 0 Å². The van der Waals surface area contributed by atoms with Crippen LogP contribution in [0.25, 0.3) is 11.2 Å². The van der Waals surface area contributed by atoms with E-state index in [1.807, 2.05) is 27.7 Å². The van der Waals surface area contributed by atoms with E-state index in [0.29, 0.717) is 5.52 Å². The Morgan fingerprint density at radius 2 is 1.64 bits per heavy atom. The number of nitrogens with two attached hydrogens (primary N) is 1. The van der Waals surface area contributed by atoms with Crippen molar-refractivity contribution in [2.24, 2.45) is 11.8 Å². The Morgan fingerprint density at radius 3 is 2.09 bits per heavy atom. The normalized spacial score (nSPS) is 28.5. The molecule has 2 aliphatic rings. The number of anilines is 1. The molecule has 1 aliphatic heterocycles. The van der Waals surface area contributed by atoms with Gasteiger partial charge >= 0.3 is 19.6 Å². The van der Waals surface area contributed by atoms with Gasteiger partial charge in [-0.25, -0.2) is 15.2 Å². The van der Waals surface area contributed by atoms with Crippen molar-refractivity contribution in [1.29, 1.82) is 0 Å². The Labute approximate surface area is 261 Å². The highest BCUT2D eigenvalue weighted by Crippen LogP contribution is 2.68. The second-order valence-electron chi connectivity index (χ2n) is 12.4. The van der Waals surface area contributed by atoms with Gasteiger partial charge in [0.15, 0.2) is 11.2 Å². The SMILES string of the molecule is COC(=O)C(CC(C)C)NP(=O)(NC(CC(C)C)C(=O)OC)OCC1OC2(C)C(n3cnc4c(OC)nc(N)nc43)C2(O)C1O. The zero-order valence-corrected chi connectivity index (χ0v) is 27.6. The molecule has 7 atom stereocenters. The van der Waals surface area contributed by atoms with Gasteiger partial charge in [0.2, 0.25) is 11.8 Å². The Bertz CT molecular complexity index is 1420.